The minimum absolute atomic E-state index is 0.0527. The molecule has 1 aliphatic rings. The first-order valence-corrected chi connectivity index (χ1v) is 14.2. The Bertz CT molecular complexity index is 1680. The average Bonchev–Trinajstić information content (AvgIpc) is 3.55. The predicted molar refractivity (Wildman–Crippen MR) is 141 cm³/mol. The molecule has 0 spiro atoms. The fraction of sp³-hybridized carbons (Fsp3) is 0.240. The van der Waals surface area contributed by atoms with E-state index in [4.69, 9.17) is 11.6 Å². The summed E-state index contributed by atoms with van der Waals surface area (Å²) < 4.78 is 26.2. The first kappa shape index (κ1) is 24.5. The zero-order valence-corrected chi connectivity index (χ0v) is 21.4. The Morgan fingerprint density at radius 3 is 2.50 bits per heavy atom. The van der Waals surface area contributed by atoms with Crippen LogP contribution in [-0.2, 0) is 21.1 Å². The smallest absolute Gasteiger partial charge is 0.333 e. The number of thiophene rings is 1. The van der Waals surface area contributed by atoms with E-state index in [1.807, 2.05) is 6.07 Å². The summed E-state index contributed by atoms with van der Waals surface area (Å²) in [7, 11) is -3.76. The lowest BCUT2D eigenvalue weighted by atomic mass is 10.1. The standard InChI is InChI=1S/C25H22ClN3O5S2/c26-22-9-10-23(35-22)36(33,34)14-19(30)11-15-3-6-18(7-4-15)29-24(31)20-8-5-17(27-13-16-1-2-16)12-21(20)28-25(29)32/h3-10,12,16,27H,1-2,11,13-14H2,(H,28,32). The third-order valence-corrected chi connectivity index (χ3v) is 9.48. The van der Waals surface area contributed by atoms with Crippen LogP contribution in [0.3, 0.4) is 0 Å². The molecule has 0 atom stereocenters. The van der Waals surface area contributed by atoms with Crippen molar-refractivity contribution >= 4 is 55.1 Å². The van der Waals surface area contributed by atoms with E-state index >= 15 is 0 Å². The van der Waals surface area contributed by atoms with Gasteiger partial charge in [-0.2, -0.15) is 0 Å². The van der Waals surface area contributed by atoms with Crippen LogP contribution >= 0.6 is 22.9 Å². The summed E-state index contributed by atoms with van der Waals surface area (Å²) in [6.45, 7) is 0.871. The molecule has 1 fully saturated rings. The Kier molecular flexibility index (Phi) is 6.59. The molecule has 0 bridgehead atoms. The van der Waals surface area contributed by atoms with Gasteiger partial charge in [0.25, 0.3) is 5.56 Å². The van der Waals surface area contributed by atoms with Crippen LogP contribution < -0.4 is 16.6 Å². The second-order valence-corrected chi connectivity index (χ2v) is 12.8. The molecular formula is C25H22ClN3O5S2. The number of rotatable bonds is 9. The molecule has 2 aromatic carbocycles. The first-order chi connectivity index (χ1) is 17.2. The van der Waals surface area contributed by atoms with Crippen LogP contribution in [0.15, 0.2) is 68.4 Å². The summed E-state index contributed by atoms with van der Waals surface area (Å²) in [5.74, 6) is -0.415. The van der Waals surface area contributed by atoms with Crippen molar-refractivity contribution in [1.82, 2.24) is 9.55 Å². The van der Waals surface area contributed by atoms with Crippen molar-refractivity contribution in [2.24, 2.45) is 5.92 Å². The number of aromatic amines is 1. The molecule has 8 nitrogen and oxygen atoms in total. The fourth-order valence-electron chi connectivity index (χ4n) is 3.94. The maximum absolute atomic E-state index is 13.1. The van der Waals surface area contributed by atoms with E-state index in [9.17, 15) is 22.8 Å². The molecule has 2 N–H and O–H groups in total. The molecule has 0 unspecified atom stereocenters. The normalized spacial score (nSPS) is 13.7. The van der Waals surface area contributed by atoms with Gasteiger partial charge in [0.2, 0.25) is 0 Å². The summed E-state index contributed by atoms with van der Waals surface area (Å²) in [6.07, 6.45) is 2.34. The Balaban J connectivity index is 1.33. The third-order valence-electron chi connectivity index (χ3n) is 5.99. The van der Waals surface area contributed by atoms with Gasteiger partial charge in [-0.3, -0.25) is 9.59 Å². The van der Waals surface area contributed by atoms with Crippen molar-refractivity contribution in [3.8, 4) is 5.69 Å². The molecule has 2 heterocycles. The van der Waals surface area contributed by atoms with E-state index < -0.39 is 32.6 Å². The van der Waals surface area contributed by atoms with Gasteiger partial charge < -0.3 is 10.3 Å². The summed E-state index contributed by atoms with van der Waals surface area (Å²) in [6, 6.07) is 14.4. The SMILES string of the molecule is O=C(Cc1ccc(-n2c(=O)[nH]c3cc(NCC4CC4)ccc3c2=O)cc1)CS(=O)(=O)c1ccc(Cl)s1. The van der Waals surface area contributed by atoms with Crippen molar-refractivity contribution in [2.75, 3.05) is 17.6 Å². The van der Waals surface area contributed by atoms with Crippen molar-refractivity contribution in [2.45, 2.75) is 23.5 Å². The summed E-state index contributed by atoms with van der Waals surface area (Å²) in [5, 5.41) is 3.71. The van der Waals surface area contributed by atoms with E-state index in [-0.39, 0.29) is 10.6 Å². The van der Waals surface area contributed by atoms with E-state index in [0.717, 1.165) is 28.1 Å². The number of Topliss-reactive ketones (excluding diaryl/α,β-unsaturated/α-hetero) is 1. The Labute approximate surface area is 215 Å². The number of nitrogens with one attached hydrogen (secondary N) is 2. The van der Waals surface area contributed by atoms with E-state index in [0.29, 0.717) is 32.4 Å². The van der Waals surface area contributed by atoms with Gasteiger partial charge in [0.1, 0.15) is 9.96 Å². The van der Waals surface area contributed by atoms with Crippen LogP contribution in [0.4, 0.5) is 5.69 Å². The molecule has 0 radical (unpaired) electrons. The van der Waals surface area contributed by atoms with E-state index in [2.05, 4.69) is 10.3 Å². The van der Waals surface area contributed by atoms with Crippen molar-refractivity contribution < 1.29 is 13.2 Å². The Morgan fingerprint density at radius 2 is 1.83 bits per heavy atom. The van der Waals surface area contributed by atoms with Crippen LogP contribution in [0.1, 0.15) is 18.4 Å². The zero-order chi connectivity index (χ0) is 25.4. The van der Waals surface area contributed by atoms with Gasteiger partial charge >= 0.3 is 5.69 Å². The summed E-state index contributed by atoms with van der Waals surface area (Å²) in [5.41, 5.74) is 1.19. The Morgan fingerprint density at radius 1 is 1.08 bits per heavy atom. The van der Waals surface area contributed by atoms with Gasteiger partial charge in [0.05, 0.1) is 20.9 Å². The van der Waals surface area contributed by atoms with Crippen LogP contribution in [0.25, 0.3) is 16.6 Å². The maximum atomic E-state index is 13.1. The number of halogens is 1. The monoisotopic (exact) mass is 543 g/mol. The molecule has 11 heteroatoms. The largest absolute Gasteiger partial charge is 0.385 e. The molecular weight excluding hydrogens is 522 g/mol. The minimum Gasteiger partial charge on any atom is -0.385 e. The average molecular weight is 544 g/mol. The lowest BCUT2D eigenvalue weighted by Gasteiger charge is -2.10. The van der Waals surface area contributed by atoms with E-state index in [1.165, 1.54) is 25.0 Å². The fourth-order valence-corrected chi connectivity index (χ4v) is 6.75. The molecule has 4 aromatic rings. The molecule has 0 saturated heterocycles. The second-order valence-electron chi connectivity index (χ2n) is 8.85. The number of sulfone groups is 1. The third kappa shape index (κ3) is 5.30. The predicted octanol–water partition coefficient (Wildman–Crippen LogP) is 3.80. The van der Waals surface area contributed by atoms with Crippen LogP contribution in [0.2, 0.25) is 4.34 Å². The minimum atomic E-state index is -3.76. The highest BCUT2D eigenvalue weighted by Gasteiger charge is 2.22. The zero-order valence-electron chi connectivity index (χ0n) is 19.0. The highest BCUT2D eigenvalue weighted by atomic mass is 35.5. The topological polar surface area (TPSA) is 118 Å². The molecule has 2 aromatic heterocycles. The maximum Gasteiger partial charge on any atom is 0.333 e. The Hall–Kier alpha value is -3.21. The number of ketones is 1. The summed E-state index contributed by atoms with van der Waals surface area (Å²) in [4.78, 5) is 41.0. The molecule has 36 heavy (non-hydrogen) atoms. The van der Waals surface area contributed by atoms with Crippen molar-refractivity contribution in [3.63, 3.8) is 0 Å². The van der Waals surface area contributed by atoms with Crippen molar-refractivity contribution in [3.05, 3.63) is 85.3 Å². The lowest BCUT2D eigenvalue weighted by Crippen LogP contribution is -2.33. The molecule has 186 valence electrons. The number of carbonyl (C=O) groups excluding carboxylic acids is 1. The van der Waals surface area contributed by atoms with Crippen molar-refractivity contribution in [1.29, 1.82) is 0 Å². The molecule has 1 saturated carbocycles. The van der Waals surface area contributed by atoms with Crippen LogP contribution in [-0.4, -0.2) is 36.0 Å². The highest BCUT2D eigenvalue weighted by molar-refractivity contribution is 7.94. The molecule has 0 aliphatic heterocycles. The quantitative estimate of drug-likeness (QED) is 0.331. The number of aromatic nitrogens is 2. The van der Waals surface area contributed by atoms with Gasteiger partial charge in [-0.15, -0.1) is 11.3 Å². The number of H-pyrrole nitrogens is 1. The van der Waals surface area contributed by atoms with Gasteiger partial charge in [-0.05, 0) is 66.8 Å². The number of nitrogens with zero attached hydrogens (tertiary/aromatic N) is 1. The van der Waals surface area contributed by atoms with Gasteiger partial charge in [0, 0.05) is 18.7 Å². The number of fused-ring (bicyclic) bond motifs is 1. The van der Waals surface area contributed by atoms with E-state index in [1.54, 1.807) is 36.4 Å². The number of hydrogen-bond donors (Lipinski definition) is 2. The molecule has 5 rings (SSSR count). The number of hydrogen-bond acceptors (Lipinski definition) is 7. The van der Waals surface area contributed by atoms with Gasteiger partial charge in [-0.1, -0.05) is 23.7 Å². The molecule has 0 amide bonds. The first-order valence-electron chi connectivity index (χ1n) is 11.3. The van der Waals surface area contributed by atoms with Gasteiger partial charge in [-0.25, -0.2) is 17.8 Å². The van der Waals surface area contributed by atoms with Gasteiger partial charge in [0.15, 0.2) is 15.6 Å². The van der Waals surface area contributed by atoms with Crippen LogP contribution in [0.5, 0.6) is 0 Å². The summed E-state index contributed by atoms with van der Waals surface area (Å²) >= 11 is 6.71. The number of carbonyl (C=O) groups is 1. The number of benzene rings is 2. The number of anilines is 1. The van der Waals surface area contributed by atoms with Crippen LogP contribution in [0, 0.1) is 5.92 Å². The second kappa shape index (κ2) is 9.68. The lowest BCUT2D eigenvalue weighted by molar-refractivity contribution is -0.116. The molecule has 1 aliphatic carbocycles. The highest BCUT2D eigenvalue weighted by Crippen LogP contribution is 2.29.